The van der Waals surface area contributed by atoms with Gasteiger partial charge in [-0.1, -0.05) is 13.3 Å². The molecule has 3 heteroatoms. The van der Waals surface area contributed by atoms with Crippen LogP contribution in [0.3, 0.4) is 0 Å². The Balaban J connectivity index is 1.83. The Kier molecular flexibility index (Phi) is 5.88. The van der Waals surface area contributed by atoms with Crippen molar-refractivity contribution < 1.29 is 0 Å². The van der Waals surface area contributed by atoms with E-state index >= 15 is 0 Å². The molecule has 2 unspecified atom stereocenters. The monoisotopic (exact) mass is 281 g/mol. The molecule has 0 aromatic heterocycles. The topological polar surface area (TPSA) is 18.5 Å². The van der Waals surface area contributed by atoms with Gasteiger partial charge >= 0.3 is 0 Å². The molecule has 1 N–H and O–H groups in total. The largest absolute Gasteiger partial charge is 0.311 e. The van der Waals surface area contributed by atoms with Crippen molar-refractivity contribution in [3.63, 3.8) is 0 Å². The second-order valence-corrected chi connectivity index (χ2v) is 7.75. The maximum Gasteiger partial charge on any atom is 0.0235 e. The normalized spacial score (nSPS) is 27.3. The minimum Gasteiger partial charge on any atom is -0.311 e. The van der Waals surface area contributed by atoms with Gasteiger partial charge in [-0.25, -0.2) is 0 Å². The lowest BCUT2D eigenvalue weighted by Gasteiger charge is -2.32. The number of nitrogens with zero attached hydrogens (tertiary/aromatic N) is 2. The van der Waals surface area contributed by atoms with Crippen molar-refractivity contribution in [2.24, 2.45) is 0 Å². The number of nitrogens with one attached hydrogen (secondary N) is 1. The predicted molar refractivity (Wildman–Crippen MR) is 87.2 cm³/mol. The molecule has 2 aliphatic heterocycles. The first-order valence-electron chi connectivity index (χ1n) is 8.72. The SMILES string of the molecule is CCCC(CNC(C)(C)C)N1CCC(N2CCCC2)C1. The molecule has 0 aliphatic carbocycles. The molecule has 3 nitrogen and oxygen atoms in total. The second kappa shape index (κ2) is 7.24. The van der Waals surface area contributed by atoms with Gasteiger partial charge in [0.1, 0.15) is 0 Å². The van der Waals surface area contributed by atoms with Crippen molar-refractivity contribution in [2.75, 3.05) is 32.7 Å². The minimum absolute atomic E-state index is 0.236. The molecule has 2 saturated heterocycles. The summed E-state index contributed by atoms with van der Waals surface area (Å²) in [6, 6.07) is 1.57. The van der Waals surface area contributed by atoms with Crippen molar-refractivity contribution in [1.29, 1.82) is 0 Å². The molecule has 0 saturated carbocycles. The van der Waals surface area contributed by atoms with Gasteiger partial charge in [0.05, 0.1) is 0 Å². The van der Waals surface area contributed by atoms with Crippen LogP contribution in [0.5, 0.6) is 0 Å². The van der Waals surface area contributed by atoms with E-state index in [0.29, 0.717) is 0 Å². The molecule has 2 heterocycles. The first-order chi connectivity index (χ1) is 9.49. The molecular weight excluding hydrogens is 246 g/mol. The molecule has 20 heavy (non-hydrogen) atoms. The van der Waals surface area contributed by atoms with Crippen LogP contribution in [0, 0.1) is 0 Å². The Morgan fingerprint density at radius 2 is 1.85 bits per heavy atom. The number of hydrogen-bond donors (Lipinski definition) is 1. The van der Waals surface area contributed by atoms with Crippen LogP contribution in [0.4, 0.5) is 0 Å². The highest BCUT2D eigenvalue weighted by Gasteiger charge is 2.32. The van der Waals surface area contributed by atoms with Gasteiger partial charge in [0.25, 0.3) is 0 Å². The zero-order valence-corrected chi connectivity index (χ0v) is 14.1. The van der Waals surface area contributed by atoms with Crippen molar-refractivity contribution in [1.82, 2.24) is 15.1 Å². The molecule has 0 aromatic rings. The summed E-state index contributed by atoms with van der Waals surface area (Å²) >= 11 is 0. The van der Waals surface area contributed by atoms with E-state index in [1.165, 1.54) is 58.3 Å². The average molecular weight is 281 g/mol. The van der Waals surface area contributed by atoms with Crippen molar-refractivity contribution >= 4 is 0 Å². The molecule has 0 radical (unpaired) electrons. The lowest BCUT2D eigenvalue weighted by molar-refractivity contribution is 0.182. The van der Waals surface area contributed by atoms with E-state index in [0.717, 1.165) is 18.6 Å². The molecule has 0 bridgehead atoms. The molecule has 2 atom stereocenters. The van der Waals surface area contributed by atoms with Gasteiger partial charge in [0.2, 0.25) is 0 Å². The highest BCUT2D eigenvalue weighted by Crippen LogP contribution is 2.23. The summed E-state index contributed by atoms with van der Waals surface area (Å²) in [6.07, 6.45) is 6.84. The predicted octanol–water partition coefficient (Wildman–Crippen LogP) is 2.71. The standard InChI is InChI=1S/C17H35N3/c1-5-8-15(13-18-17(2,3)4)20-12-9-16(14-20)19-10-6-7-11-19/h15-16,18H,5-14H2,1-4H3. The van der Waals surface area contributed by atoms with Crippen LogP contribution < -0.4 is 5.32 Å². The second-order valence-electron chi connectivity index (χ2n) is 7.75. The van der Waals surface area contributed by atoms with Gasteiger partial charge in [-0.3, -0.25) is 9.80 Å². The van der Waals surface area contributed by atoms with Crippen LogP contribution in [-0.4, -0.2) is 60.1 Å². The molecule has 2 fully saturated rings. The minimum atomic E-state index is 0.236. The van der Waals surface area contributed by atoms with Crippen LogP contribution >= 0.6 is 0 Å². The van der Waals surface area contributed by atoms with E-state index in [-0.39, 0.29) is 5.54 Å². The van der Waals surface area contributed by atoms with E-state index in [4.69, 9.17) is 0 Å². The Morgan fingerprint density at radius 3 is 2.45 bits per heavy atom. The summed E-state index contributed by atoms with van der Waals surface area (Å²) < 4.78 is 0. The summed E-state index contributed by atoms with van der Waals surface area (Å²) in [6.45, 7) is 15.6. The molecule has 0 aromatic carbocycles. The van der Waals surface area contributed by atoms with Gasteiger partial charge in [0, 0.05) is 37.3 Å². The van der Waals surface area contributed by atoms with E-state index in [1.807, 2.05) is 0 Å². The fourth-order valence-corrected chi connectivity index (χ4v) is 3.68. The molecule has 118 valence electrons. The summed E-state index contributed by atoms with van der Waals surface area (Å²) in [5, 5.41) is 3.71. The Labute approximate surface area is 126 Å². The molecular formula is C17H35N3. The Hall–Kier alpha value is -0.120. The van der Waals surface area contributed by atoms with E-state index in [9.17, 15) is 0 Å². The quantitative estimate of drug-likeness (QED) is 0.807. The highest BCUT2D eigenvalue weighted by molar-refractivity contribution is 4.90. The van der Waals surface area contributed by atoms with Crippen LogP contribution in [-0.2, 0) is 0 Å². The Bertz CT molecular complexity index is 278. The third-order valence-corrected chi connectivity index (χ3v) is 4.86. The van der Waals surface area contributed by atoms with Crippen LogP contribution in [0.1, 0.15) is 59.8 Å². The first kappa shape index (κ1) is 16.3. The Morgan fingerprint density at radius 1 is 1.15 bits per heavy atom. The van der Waals surface area contributed by atoms with Crippen molar-refractivity contribution in [2.45, 2.75) is 77.4 Å². The van der Waals surface area contributed by atoms with Gasteiger partial charge in [-0.05, 0) is 59.5 Å². The molecule has 2 rings (SSSR count). The summed E-state index contributed by atoms with van der Waals surface area (Å²) in [5.41, 5.74) is 0.236. The summed E-state index contributed by atoms with van der Waals surface area (Å²) in [7, 11) is 0. The molecule has 0 spiro atoms. The maximum absolute atomic E-state index is 3.71. The average Bonchev–Trinajstić information content (AvgIpc) is 3.02. The summed E-state index contributed by atoms with van der Waals surface area (Å²) in [5.74, 6) is 0. The maximum atomic E-state index is 3.71. The number of rotatable bonds is 6. The fraction of sp³-hybridized carbons (Fsp3) is 1.00. The molecule has 0 amide bonds. The van der Waals surface area contributed by atoms with Gasteiger partial charge in [-0.2, -0.15) is 0 Å². The van der Waals surface area contributed by atoms with E-state index in [2.05, 4.69) is 42.8 Å². The van der Waals surface area contributed by atoms with Gasteiger partial charge in [0.15, 0.2) is 0 Å². The van der Waals surface area contributed by atoms with E-state index in [1.54, 1.807) is 0 Å². The van der Waals surface area contributed by atoms with Crippen LogP contribution in [0.25, 0.3) is 0 Å². The number of likely N-dealkylation sites (tertiary alicyclic amines) is 2. The third-order valence-electron chi connectivity index (χ3n) is 4.86. The first-order valence-corrected chi connectivity index (χ1v) is 8.72. The third kappa shape index (κ3) is 4.71. The highest BCUT2D eigenvalue weighted by atomic mass is 15.3. The van der Waals surface area contributed by atoms with Crippen molar-refractivity contribution in [3.05, 3.63) is 0 Å². The molecule has 2 aliphatic rings. The van der Waals surface area contributed by atoms with Crippen molar-refractivity contribution in [3.8, 4) is 0 Å². The lowest BCUT2D eigenvalue weighted by Crippen LogP contribution is -2.47. The van der Waals surface area contributed by atoms with Crippen LogP contribution in [0.15, 0.2) is 0 Å². The fourth-order valence-electron chi connectivity index (χ4n) is 3.68. The number of hydrogen-bond acceptors (Lipinski definition) is 3. The van der Waals surface area contributed by atoms with Gasteiger partial charge < -0.3 is 5.32 Å². The van der Waals surface area contributed by atoms with E-state index < -0.39 is 0 Å². The lowest BCUT2D eigenvalue weighted by atomic mass is 10.1. The van der Waals surface area contributed by atoms with Gasteiger partial charge in [-0.15, -0.1) is 0 Å². The van der Waals surface area contributed by atoms with Crippen LogP contribution in [0.2, 0.25) is 0 Å². The smallest absolute Gasteiger partial charge is 0.0235 e. The zero-order chi connectivity index (χ0) is 14.6. The summed E-state index contributed by atoms with van der Waals surface area (Å²) in [4.78, 5) is 5.49. The zero-order valence-electron chi connectivity index (χ0n) is 14.1.